The molecular formula is C24H44. The SMILES string of the molecule is C.CC(C)=CCC=C(C)C1CC1.CCC/C=C(\C)CCC=C(C)C. The number of rotatable bonds is 8. The molecule has 0 aromatic carbocycles. The maximum atomic E-state index is 2.37. The van der Waals surface area contributed by atoms with Gasteiger partial charge in [-0.25, -0.2) is 0 Å². The van der Waals surface area contributed by atoms with E-state index in [0.29, 0.717) is 0 Å². The number of hydrogen-bond acceptors (Lipinski definition) is 0. The lowest BCUT2D eigenvalue weighted by molar-refractivity contribution is 0.908. The van der Waals surface area contributed by atoms with Crippen LogP contribution in [0.1, 0.15) is 101 Å². The first-order valence-electron chi connectivity index (χ1n) is 9.45. The van der Waals surface area contributed by atoms with E-state index in [1.54, 1.807) is 5.57 Å². The normalized spacial score (nSPS) is 14.1. The van der Waals surface area contributed by atoms with Crippen molar-refractivity contribution in [1.29, 1.82) is 0 Å². The highest BCUT2D eigenvalue weighted by atomic mass is 14.3. The maximum absolute atomic E-state index is 2.37. The average molecular weight is 333 g/mol. The third kappa shape index (κ3) is 17.3. The predicted octanol–water partition coefficient (Wildman–Crippen LogP) is 8.81. The van der Waals surface area contributed by atoms with E-state index < -0.39 is 0 Å². The molecule has 0 saturated heterocycles. The van der Waals surface area contributed by atoms with Crippen LogP contribution in [0.25, 0.3) is 0 Å². The summed E-state index contributed by atoms with van der Waals surface area (Å²) in [5.74, 6) is 0.945. The molecule has 0 nitrogen and oxygen atoms in total. The second-order valence-electron chi connectivity index (χ2n) is 7.40. The second-order valence-corrected chi connectivity index (χ2v) is 7.40. The van der Waals surface area contributed by atoms with E-state index in [2.05, 4.69) is 72.8 Å². The molecular weight excluding hydrogens is 288 g/mol. The monoisotopic (exact) mass is 332 g/mol. The van der Waals surface area contributed by atoms with E-state index in [1.807, 2.05) is 0 Å². The zero-order valence-corrected chi connectivity index (χ0v) is 16.8. The molecule has 1 fully saturated rings. The molecule has 0 aromatic rings. The van der Waals surface area contributed by atoms with Crippen LogP contribution in [-0.2, 0) is 0 Å². The molecule has 0 amide bonds. The van der Waals surface area contributed by atoms with Gasteiger partial charge in [0.2, 0.25) is 0 Å². The summed E-state index contributed by atoms with van der Waals surface area (Å²) >= 11 is 0. The Balaban J connectivity index is 0. The summed E-state index contributed by atoms with van der Waals surface area (Å²) in [6.45, 7) is 15.3. The lowest BCUT2D eigenvalue weighted by Gasteiger charge is -1.97. The Morgan fingerprint density at radius 3 is 1.83 bits per heavy atom. The van der Waals surface area contributed by atoms with Crippen LogP contribution in [-0.4, -0.2) is 0 Å². The molecule has 0 atom stereocenters. The molecule has 140 valence electrons. The minimum atomic E-state index is 0. The third-order valence-corrected chi connectivity index (χ3v) is 4.06. The Morgan fingerprint density at radius 1 is 0.792 bits per heavy atom. The van der Waals surface area contributed by atoms with Crippen LogP contribution in [0.5, 0.6) is 0 Å². The zero-order valence-electron chi connectivity index (χ0n) is 16.8. The molecule has 0 N–H and O–H groups in total. The van der Waals surface area contributed by atoms with E-state index in [1.165, 1.54) is 55.2 Å². The first kappa shape index (κ1) is 25.2. The molecule has 1 aliphatic carbocycles. The van der Waals surface area contributed by atoms with Crippen LogP contribution >= 0.6 is 0 Å². The largest absolute Gasteiger partial charge is 0.0856 e. The fourth-order valence-electron chi connectivity index (χ4n) is 2.27. The summed E-state index contributed by atoms with van der Waals surface area (Å²) in [6, 6.07) is 0. The number of unbranched alkanes of at least 4 members (excludes halogenated alkanes) is 1. The molecule has 1 saturated carbocycles. The quantitative estimate of drug-likeness (QED) is 0.389. The molecule has 1 rings (SSSR count). The van der Waals surface area contributed by atoms with Gasteiger partial charge in [-0.2, -0.15) is 0 Å². The highest BCUT2D eigenvalue weighted by Gasteiger charge is 2.22. The van der Waals surface area contributed by atoms with Crippen LogP contribution in [0.4, 0.5) is 0 Å². The molecule has 0 spiro atoms. The van der Waals surface area contributed by atoms with Crippen LogP contribution in [0.15, 0.2) is 46.6 Å². The summed E-state index contributed by atoms with van der Waals surface area (Å²) in [7, 11) is 0. The zero-order chi connectivity index (χ0) is 17.7. The molecule has 0 heteroatoms. The van der Waals surface area contributed by atoms with Gasteiger partial charge >= 0.3 is 0 Å². The molecule has 0 heterocycles. The van der Waals surface area contributed by atoms with E-state index in [4.69, 9.17) is 0 Å². The summed E-state index contributed by atoms with van der Waals surface area (Å²) in [5, 5.41) is 0. The van der Waals surface area contributed by atoms with Crippen molar-refractivity contribution in [3.05, 3.63) is 46.6 Å². The van der Waals surface area contributed by atoms with Gasteiger partial charge in [-0.15, -0.1) is 0 Å². The van der Waals surface area contributed by atoms with E-state index in [0.717, 1.165) is 12.3 Å². The molecule has 0 aromatic heterocycles. The highest BCUT2D eigenvalue weighted by molar-refractivity contribution is 5.12. The van der Waals surface area contributed by atoms with Crippen LogP contribution in [0, 0.1) is 5.92 Å². The van der Waals surface area contributed by atoms with Gasteiger partial charge in [0.15, 0.2) is 0 Å². The first-order valence-corrected chi connectivity index (χ1v) is 9.45. The summed E-state index contributed by atoms with van der Waals surface area (Å²) in [5.41, 5.74) is 5.99. The van der Waals surface area contributed by atoms with Gasteiger partial charge < -0.3 is 0 Å². The van der Waals surface area contributed by atoms with Crippen LogP contribution < -0.4 is 0 Å². The topological polar surface area (TPSA) is 0 Å². The van der Waals surface area contributed by atoms with E-state index in [-0.39, 0.29) is 7.43 Å². The van der Waals surface area contributed by atoms with Crippen LogP contribution in [0.2, 0.25) is 0 Å². The van der Waals surface area contributed by atoms with Gasteiger partial charge in [0.05, 0.1) is 0 Å². The van der Waals surface area contributed by atoms with Crippen molar-refractivity contribution >= 4 is 0 Å². The summed E-state index contributed by atoms with van der Waals surface area (Å²) in [4.78, 5) is 0. The molecule has 0 radical (unpaired) electrons. The first-order chi connectivity index (χ1) is 10.9. The van der Waals surface area contributed by atoms with Gasteiger partial charge in [-0.05, 0) is 86.0 Å². The Bertz CT molecular complexity index is 417. The van der Waals surface area contributed by atoms with Gasteiger partial charge in [-0.1, -0.05) is 67.4 Å². The number of allylic oxidation sites excluding steroid dienone is 8. The average Bonchev–Trinajstić information content (AvgIpc) is 3.29. The Kier molecular flexibility index (Phi) is 16.3. The molecule has 0 unspecified atom stereocenters. The van der Waals surface area contributed by atoms with Gasteiger partial charge in [0, 0.05) is 0 Å². The fraction of sp³-hybridized carbons (Fsp3) is 0.667. The minimum absolute atomic E-state index is 0. The van der Waals surface area contributed by atoms with Crippen molar-refractivity contribution in [2.24, 2.45) is 5.92 Å². The van der Waals surface area contributed by atoms with Crippen LogP contribution in [0.3, 0.4) is 0 Å². The highest BCUT2D eigenvalue weighted by Crippen LogP contribution is 2.36. The Labute approximate surface area is 153 Å². The summed E-state index contributed by atoms with van der Waals surface area (Å²) in [6.07, 6.45) is 18.2. The lowest BCUT2D eigenvalue weighted by Crippen LogP contribution is -1.77. The fourth-order valence-corrected chi connectivity index (χ4v) is 2.27. The smallest absolute Gasteiger partial charge is 0.0164 e. The molecule has 0 bridgehead atoms. The molecule has 0 aliphatic heterocycles. The van der Waals surface area contributed by atoms with Gasteiger partial charge in [0.25, 0.3) is 0 Å². The van der Waals surface area contributed by atoms with Crippen molar-refractivity contribution in [3.8, 4) is 0 Å². The molecule has 1 aliphatic rings. The Hall–Kier alpha value is -1.04. The predicted molar refractivity (Wildman–Crippen MR) is 115 cm³/mol. The van der Waals surface area contributed by atoms with Crippen molar-refractivity contribution in [2.45, 2.75) is 101 Å². The molecule has 24 heavy (non-hydrogen) atoms. The Morgan fingerprint density at radius 2 is 1.38 bits per heavy atom. The van der Waals surface area contributed by atoms with Crippen molar-refractivity contribution in [3.63, 3.8) is 0 Å². The van der Waals surface area contributed by atoms with Gasteiger partial charge in [-0.3, -0.25) is 0 Å². The summed E-state index contributed by atoms with van der Waals surface area (Å²) < 4.78 is 0. The van der Waals surface area contributed by atoms with Gasteiger partial charge in [0.1, 0.15) is 0 Å². The van der Waals surface area contributed by atoms with Crippen molar-refractivity contribution < 1.29 is 0 Å². The third-order valence-electron chi connectivity index (χ3n) is 4.06. The van der Waals surface area contributed by atoms with Crippen molar-refractivity contribution in [2.75, 3.05) is 0 Å². The standard InChI is InChI=1S/C12H22.C11H18.CH4/c1-5-6-9-12(4)10-7-8-11(2)3;1-9(2)5-4-6-10(3)11-7-8-11;/h8-9H,5-7,10H2,1-4H3;5-6,11H,4,7-8H2,1-3H3;1H4/b12-9+;;. The maximum Gasteiger partial charge on any atom is -0.0164 e. The van der Waals surface area contributed by atoms with E-state index >= 15 is 0 Å². The number of hydrogen-bond donors (Lipinski definition) is 0. The second kappa shape index (κ2) is 15.5. The minimum Gasteiger partial charge on any atom is -0.0856 e. The lowest BCUT2D eigenvalue weighted by atomic mass is 10.1. The van der Waals surface area contributed by atoms with Crippen molar-refractivity contribution in [1.82, 2.24) is 0 Å². The van der Waals surface area contributed by atoms with E-state index in [9.17, 15) is 0 Å².